The molecule has 0 atom stereocenters. The van der Waals surface area contributed by atoms with E-state index >= 15 is 0 Å². The molecule has 1 rings (SSSR count). The van der Waals surface area contributed by atoms with Crippen LogP contribution in [0.15, 0.2) is 0 Å². The van der Waals surface area contributed by atoms with Gasteiger partial charge in [0.25, 0.3) is 0 Å². The lowest BCUT2D eigenvalue weighted by molar-refractivity contribution is -0.125. The highest BCUT2D eigenvalue weighted by Crippen LogP contribution is 2.28. The van der Waals surface area contributed by atoms with E-state index in [0.717, 1.165) is 18.9 Å². The maximum absolute atomic E-state index is 11.2. The summed E-state index contributed by atoms with van der Waals surface area (Å²) in [6.07, 6.45) is 3.37. The van der Waals surface area contributed by atoms with Crippen molar-refractivity contribution in [2.45, 2.75) is 19.3 Å². The van der Waals surface area contributed by atoms with E-state index in [0.29, 0.717) is 13.2 Å². The smallest absolute Gasteiger partial charge is 0.239 e. The van der Waals surface area contributed by atoms with Gasteiger partial charge in [-0.1, -0.05) is 0 Å². The van der Waals surface area contributed by atoms with E-state index in [1.807, 2.05) is 0 Å². The molecule has 0 heterocycles. The predicted octanol–water partition coefficient (Wildman–Crippen LogP) is -1.01. The first-order chi connectivity index (χ1) is 8.22. The number of carbonyl (C=O) groups excluding carboxylic acids is 2. The summed E-state index contributed by atoms with van der Waals surface area (Å²) in [5.74, 6) is 0.248. The number of rotatable bonds is 9. The highest BCUT2D eigenvalue weighted by Gasteiger charge is 2.20. The van der Waals surface area contributed by atoms with Crippen molar-refractivity contribution >= 4 is 11.8 Å². The Balaban J connectivity index is 1.83. The SMILES string of the molecule is NCC(=O)NCC(=O)NCCCOCC1CC1. The predicted molar refractivity (Wildman–Crippen MR) is 63.2 cm³/mol. The molecule has 0 aromatic heterocycles. The fraction of sp³-hybridized carbons (Fsp3) is 0.818. The second-order valence-corrected chi connectivity index (χ2v) is 4.20. The maximum atomic E-state index is 11.2. The van der Waals surface area contributed by atoms with Gasteiger partial charge in [0.05, 0.1) is 13.1 Å². The first-order valence-electron chi connectivity index (χ1n) is 6.03. The molecular weight excluding hydrogens is 222 g/mol. The summed E-state index contributed by atoms with van der Waals surface area (Å²) in [6.45, 7) is 1.98. The van der Waals surface area contributed by atoms with E-state index in [1.54, 1.807) is 0 Å². The van der Waals surface area contributed by atoms with Gasteiger partial charge >= 0.3 is 0 Å². The van der Waals surface area contributed by atoms with E-state index in [-0.39, 0.29) is 24.9 Å². The molecule has 0 aliphatic heterocycles. The Morgan fingerprint density at radius 1 is 1.24 bits per heavy atom. The Bertz CT molecular complexity index is 254. The molecular formula is C11H21N3O3. The minimum atomic E-state index is -0.326. The molecule has 6 nitrogen and oxygen atoms in total. The van der Waals surface area contributed by atoms with E-state index in [1.165, 1.54) is 12.8 Å². The monoisotopic (exact) mass is 243 g/mol. The van der Waals surface area contributed by atoms with Crippen LogP contribution in [0.5, 0.6) is 0 Å². The highest BCUT2D eigenvalue weighted by atomic mass is 16.5. The molecule has 1 saturated carbocycles. The quantitative estimate of drug-likeness (QED) is 0.453. The van der Waals surface area contributed by atoms with Crippen molar-refractivity contribution in [1.82, 2.24) is 10.6 Å². The number of ether oxygens (including phenoxy) is 1. The third kappa shape index (κ3) is 7.70. The third-order valence-corrected chi connectivity index (χ3v) is 2.47. The Hall–Kier alpha value is -1.14. The zero-order chi connectivity index (χ0) is 12.5. The normalized spacial score (nSPS) is 14.4. The molecule has 0 aromatic rings. The van der Waals surface area contributed by atoms with Gasteiger partial charge < -0.3 is 21.1 Å². The molecule has 0 saturated heterocycles. The minimum Gasteiger partial charge on any atom is -0.381 e. The second kappa shape index (κ2) is 8.03. The minimum absolute atomic E-state index is 0.0149. The summed E-state index contributed by atoms with van der Waals surface area (Å²) in [7, 11) is 0. The molecule has 0 unspecified atom stereocenters. The Morgan fingerprint density at radius 2 is 2.00 bits per heavy atom. The lowest BCUT2D eigenvalue weighted by atomic mass is 10.4. The molecule has 1 aliphatic rings. The molecule has 6 heteroatoms. The van der Waals surface area contributed by atoms with Crippen LogP contribution in [0.25, 0.3) is 0 Å². The van der Waals surface area contributed by atoms with Crippen LogP contribution in [-0.2, 0) is 14.3 Å². The number of hydrogen-bond donors (Lipinski definition) is 3. The van der Waals surface area contributed by atoms with Crippen molar-refractivity contribution in [3.05, 3.63) is 0 Å². The molecule has 98 valence electrons. The lowest BCUT2D eigenvalue weighted by Gasteiger charge is -2.06. The number of amides is 2. The Morgan fingerprint density at radius 3 is 2.65 bits per heavy atom. The van der Waals surface area contributed by atoms with Gasteiger partial charge in [-0.3, -0.25) is 9.59 Å². The average molecular weight is 243 g/mol. The topological polar surface area (TPSA) is 93.5 Å². The summed E-state index contributed by atoms with van der Waals surface area (Å²) in [5.41, 5.74) is 5.08. The van der Waals surface area contributed by atoms with Crippen LogP contribution in [-0.4, -0.2) is 44.7 Å². The summed E-state index contributed by atoms with van der Waals surface area (Å²) in [5, 5.41) is 5.09. The van der Waals surface area contributed by atoms with Crippen LogP contribution in [0.1, 0.15) is 19.3 Å². The molecule has 4 N–H and O–H groups in total. The van der Waals surface area contributed by atoms with Crippen molar-refractivity contribution in [3.63, 3.8) is 0 Å². The maximum Gasteiger partial charge on any atom is 0.239 e. The first kappa shape index (κ1) is 13.9. The molecule has 0 bridgehead atoms. The number of carbonyl (C=O) groups is 2. The fourth-order valence-electron chi connectivity index (χ4n) is 1.25. The molecule has 0 spiro atoms. The van der Waals surface area contributed by atoms with Gasteiger partial charge in [0.2, 0.25) is 11.8 Å². The van der Waals surface area contributed by atoms with Crippen LogP contribution in [0.4, 0.5) is 0 Å². The van der Waals surface area contributed by atoms with E-state index in [2.05, 4.69) is 10.6 Å². The van der Waals surface area contributed by atoms with Gasteiger partial charge in [0, 0.05) is 19.8 Å². The highest BCUT2D eigenvalue weighted by molar-refractivity contribution is 5.85. The van der Waals surface area contributed by atoms with Crippen molar-refractivity contribution in [2.75, 3.05) is 32.8 Å². The van der Waals surface area contributed by atoms with Crippen LogP contribution in [0.2, 0.25) is 0 Å². The van der Waals surface area contributed by atoms with Gasteiger partial charge in [0.1, 0.15) is 0 Å². The van der Waals surface area contributed by atoms with Gasteiger partial charge in [-0.25, -0.2) is 0 Å². The fourth-order valence-corrected chi connectivity index (χ4v) is 1.25. The van der Waals surface area contributed by atoms with E-state index < -0.39 is 0 Å². The molecule has 0 radical (unpaired) electrons. The van der Waals surface area contributed by atoms with E-state index in [9.17, 15) is 9.59 Å². The van der Waals surface area contributed by atoms with Crippen LogP contribution in [0, 0.1) is 5.92 Å². The summed E-state index contributed by atoms with van der Waals surface area (Å²) < 4.78 is 5.42. The molecule has 1 aliphatic carbocycles. The zero-order valence-corrected chi connectivity index (χ0v) is 10.0. The van der Waals surface area contributed by atoms with Crippen molar-refractivity contribution in [2.24, 2.45) is 11.7 Å². The third-order valence-electron chi connectivity index (χ3n) is 2.47. The standard InChI is InChI=1S/C11H21N3O3/c12-6-10(15)14-7-11(16)13-4-1-5-17-8-9-2-3-9/h9H,1-8,12H2,(H,13,16)(H,14,15). The van der Waals surface area contributed by atoms with Crippen LogP contribution < -0.4 is 16.4 Å². The Kier molecular flexibility index (Phi) is 6.57. The van der Waals surface area contributed by atoms with Crippen molar-refractivity contribution in [3.8, 4) is 0 Å². The second-order valence-electron chi connectivity index (χ2n) is 4.20. The van der Waals surface area contributed by atoms with Crippen molar-refractivity contribution < 1.29 is 14.3 Å². The zero-order valence-electron chi connectivity index (χ0n) is 10.0. The summed E-state index contributed by atoms with van der Waals surface area (Å²) in [4.78, 5) is 22.0. The van der Waals surface area contributed by atoms with Crippen LogP contribution >= 0.6 is 0 Å². The van der Waals surface area contributed by atoms with E-state index in [4.69, 9.17) is 10.5 Å². The number of nitrogens with two attached hydrogens (primary N) is 1. The lowest BCUT2D eigenvalue weighted by Crippen LogP contribution is -2.39. The number of nitrogens with one attached hydrogen (secondary N) is 2. The van der Waals surface area contributed by atoms with Crippen LogP contribution in [0.3, 0.4) is 0 Å². The van der Waals surface area contributed by atoms with Gasteiger partial charge in [-0.2, -0.15) is 0 Å². The molecule has 0 aromatic carbocycles. The summed E-state index contributed by atoms with van der Waals surface area (Å²) in [6, 6.07) is 0. The largest absolute Gasteiger partial charge is 0.381 e. The Labute approximate surface area is 101 Å². The van der Waals surface area contributed by atoms with Gasteiger partial charge in [0.15, 0.2) is 0 Å². The van der Waals surface area contributed by atoms with Gasteiger partial charge in [-0.05, 0) is 25.2 Å². The molecule has 17 heavy (non-hydrogen) atoms. The molecule has 1 fully saturated rings. The number of hydrogen-bond acceptors (Lipinski definition) is 4. The average Bonchev–Trinajstić information content (AvgIpc) is 3.14. The van der Waals surface area contributed by atoms with Crippen molar-refractivity contribution in [1.29, 1.82) is 0 Å². The first-order valence-corrected chi connectivity index (χ1v) is 6.03. The molecule has 2 amide bonds. The summed E-state index contributed by atoms with van der Waals surface area (Å²) >= 11 is 0. The van der Waals surface area contributed by atoms with Gasteiger partial charge in [-0.15, -0.1) is 0 Å².